The summed E-state index contributed by atoms with van der Waals surface area (Å²) in [5.74, 6) is 1.25. The van der Waals surface area contributed by atoms with Crippen molar-refractivity contribution in [2.75, 3.05) is 50.8 Å². The lowest BCUT2D eigenvalue weighted by Crippen LogP contribution is -2.47. The number of carbonyl (C=O) groups excluding carboxylic acids is 2. The number of amides is 3. The highest BCUT2D eigenvalue weighted by molar-refractivity contribution is 6.02. The summed E-state index contributed by atoms with van der Waals surface area (Å²) in [6, 6.07) is 13.3. The highest BCUT2D eigenvalue weighted by Crippen LogP contribution is 2.34. The SMILES string of the molecule is C[C@H](CO)N1C[C@H](C)[C@@H](CN(C)Cc2ccncc2)OCCCC[C@H](C)Oc2ccc(NC(=O)Nc3ccc4c(c3)OCO4)cc2C1=O. The summed E-state index contributed by atoms with van der Waals surface area (Å²) in [5, 5.41) is 15.9. The topological polar surface area (TPSA) is 135 Å². The number of urea groups is 1. The number of aliphatic hydroxyl groups excluding tert-OH is 1. The second-order valence-electron chi connectivity index (χ2n) is 12.7. The number of ether oxygens (including phenoxy) is 4. The van der Waals surface area contributed by atoms with E-state index in [1.54, 1.807) is 53.7 Å². The van der Waals surface area contributed by atoms with Crippen LogP contribution in [0.2, 0.25) is 0 Å². The van der Waals surface area contributed by atoms with E-state index in [9.17, 15) is 14.7 Å². The highest BCUT2D eigenvalue weighted by atomic mass is 16.7. The maximum atomic E-state index is 14.4. The molecular weight excluding hydrogens is 614 g/mol. The summed E-state index contributed by atoms with van der Waals surface area (Å²) in [6.45, 7) is 8.18. The maximum absolute atomic E-state index is 14.4. The lowest BCUT2D eigenvalue weighted by Gasteiger charge is -2.36. The number of nitrogens with one attached hydrogen (secondary N) is 2. The summed E-state index contributed by atoms with van der Waals surface area (Å²) in [6.07, 6.45) is 5.85. The average Bonchev–Trinajstić information content (AvgIpc) is 3.54. The zero-order valence-electron chi connectivity index (χ0n) is 28.2. The average molecular weight is 662 g/mol. The lowest BCUT2D eigenvalue weighted by atomic mass is 10.0. The molecule has 0 radical (unpaired) electrons. The van der Waals surface area contributed by atoms with Crippen LogP contribution < -0.4 is 24.8 Å². The predicted octanol–water partition coefficient (Wildman–Crippen LogP) is 5.38. The third kappa shape index (κ3) is 9.36. The molecule has 0 saturated carbocycles. The van der Waals surface area contributed by atoms with E-state index in [-0.39, 0.29) is 37.4 Å². The van der Waals surface area contributed by atoms with Gasteiger partial charge in [-0.3, -0.25) is 14.7 Å². The summed E-state index contributed by atoms with van der Waals surface area (Å²) < 4.78 is 23.6. The van der Waals surface area contributed by atoms with Crippen molar-refractivity contribution in [1.82, 2.24) is 14.8 Å². The second kappa shape index (κ2) is 16.6. The standard InChI is InChI=1S/C36H47N5O7/c1-24-19-41(25(2)22-42)35(43)30-17-28(38-36(44)39-29-9-11-32-33(18-29)47-23-46-32)8-10-31(30)48-26(3)7-5-6-16-45-34(24)21-40(4)20-27-12-14-37-15-13-27/h8-15,17-18,24-26,34,42H,5-7,16,19-23H2,1-4H3,(H2,38,39,44)/t24-,25+,26-,34+/m0/s1. The Labute approximate surface area is 282 Å². The first-order chi connectivity index (χ1) is 23.2. The van der Waals surface area contributed by atoms with E-state index in [0.29, 0.717) is 53.9 Å². The first kappa shape index (κ1) is 34.9. The molecular formula is C36H47N5O7. The molecule has 3 N–H and O–H groups in total. The van der Waals surface area contributed by atoms with Crippen molar-refractivity contribution in [3.63, 3.8) is 0 Å². The monoisotopic (exact) mass is 661 g/mol. The molecule has 2 aliphatic heterocycles. The number of aliphatic hydroxyl groups is 1. The molecule has 0 spiro atoms. The molecule has 48 heavy (non-hydrogen) atoms. The first-order valence-corrected chi connectivity index (χ1v) is 16.6. The minimum atomic E-state index is -0.485. The summed E-state index contributed by atoms with van der Waals surface area (Å²) in [7, 11) is 2.06. The third-order valence-corrected chi connectivity index (χ3v) is 8.63. The smallest absolute Gasteiger partial charge is 0.323 e. The van der Waals surface area contributed by atoms with Gasteiger partial charge in [-0.25, -0.2) is 4.79 Å². The van der Waals surface area contributed by atoms with Gasteiger partial charge in [-0.1, -0.05) is 6.92 Å². The molecule has 2 aromatic carbocycles. The number of carbonyl (C=O) groups is 2. The van der Waals surface area contributed by atoms with Gasteiger partial charge in [0.1, 0.15) is 5.75 Å². The van der Waals surface area contributed by atoms with Gasteiger partial charge in [-0.15, -0.1) is 0 Å². The first-order valence-electron chi connectivity index (χ1n) is 16.6. The Morgan fingerprint density at radius 3 is 2.48 bits per heavy atom. The molecule has 0 unspecified atom stereocenters. The van der Waals surface area contributed by atoms with Crippen LogP contribution in [0.3, 0.4) is 0 Å². The van der Waals surface area contributed by atoms with Crippen LogP contribution in [0.4, 0.5) is 16.2 Å². The molecule has 3 heterocycles. The van der Waals surface area contributed by atoms with Gasteiger partial charge in [-0.2, -0.15) is 0 Å². The molecule has 3 aromatic rings. The molecule has 12 nitrogen and oxygen atoms in total. The van der Waals surface area contributed by atoms with Crippen molar-refractivity contribution >= 4 is 23.3 Å². The molecule has 4 atom stereocenters. The Balaban J connectivity index is 1.36. The van der Waals surface area contributed by atoms with Gasteiger partial charge in [0.15, 0.2) is 11.5 Å². The molecule has 2 aliphatic rings. The number of pyridine rings is 1. The van der Waals surface area contributed by atoms with Crippen molar-refractivity contribution in [2.45, 2.75) is 64.8 Å². The van der Waals surface area contributed by atoms with Gasteiger partial charge < -0.3 is 39.6 Å². The fourth-order valence-corrected chi connectivity index (χ4v) is 5.90. The molecule has 12 heteroatoms. The largest absolute Gasteiger partial charge is 0.490 e. The number of hydrogen-bond donors (Lipinski definition) is 3. The second-order valence-corrected chi connectivity index (χ2v) is 12.7. The number of aromatic nitrogens is 1. The van der Waals surface area contributed by atoms with E-state index in [4.69, 9.17) is 18.9 Å². The number of rotatable bonds is 8. The van der Waals surface area contributed by atoms with Crippen LogP contribution in [0.5, 0.6) is 17.2 Å². The molecule has 3 amide bonds. The number of nitrogens with zero attached hydrogens (tertiary/aromatic N) is 3. The summed E-state index contributed by atoms with van der Waals surface area (Å²) >= 11 is 0. The quantitative estimate of drug-likeness (QED) is 0.291. The Bertz CT molecular complexity index is 1520. The van der Waals surface area contributed by atoms with Gasteiger partial charge in [0.2, 0.25) is 6.79 Å². The van der Waals surface area contributed by atoms with E-state index in [2.05, 4.69) is 34.5 Å². The normalized spacial score (nSPS) is 20.8. The highest BCUT2D eigenvalue weighted by Gasteiger charge is 2.30. The number of hydrogen-bond acceptors (Lipinski definition) is 9. The van der Waals surface area contributed by atoms with Crippen LogP contribution in [0, 0.1) is 5.92 Å². The van der Waals surface area contributed by atoms with E-state index in [1.807, 2.05) is 26.0 Å². The number of fused-ring (bicyclic) bond motifs is 2. The third-order valence-electron chi connectivity index (χ3n) is 8.63. The summed E-state index contributed by atoms with van der Waals surface area (Å²) in [4.78, 5) is 35.4. The van der Waals surface area contributed by atoms with Crippen LogP contribution in [0.1, 0.15) is 56.0 Å². The lowest BCUT2D eigenvalue weighted by molar-refractivity contribution is -0.0177. The van der Waals surface area contributed by atoms with Crippen molar-refractivity contribution < 1.29 is 33.6 Å². The van der Waals surface area contributed by atoms with E-state index >= 15 is 0 Å². The Kier molecular flexibility index (Phi) is 12.1. The molecule has 258 valence electrons. The van der Waals surface area contributed by atoms with Crippen molar-refractivity contribution in [1.29, 1.82) is 0 Å². The van der Waals surface area contributed by atoms with Crippen molar-refractivity contribution in [2.24, 2.45) is 5.92 Å². The van der Waals surface area contributed by atoms with Gasteiger partial charge in [0.25, 0.3) is 5.91 Å². The predicted molar refractivity (Wildman–Crippen MR) is 183 cm³/mol. The van der Waals surface area contributed by atoms with Crippen LogP contribution in [0.25, 0.3) is 0 Å². The van der Waals surface area contributed by atoms with Gasteiger partial charge in [0, 0.05) is 62.0 Å². The Morgan fingerprint density at radius 1 is 1.02 bits per heavy atom. The molecule has 0 aliphatic carbocycles. The molecule has 0 bridgehead atoms. The Morgan fingerprint density at radius 2 is 1.73 bits per heavy atom. The van der Waals surface area contributed by atoms with Crippen LogP contribution in [-0.4, -0.2) is 90.2 Å². The zero-order valence-corrected chi connectivity index (χ0v) is 28.2. The van der Waals surface area contributed by atoms with Gasteiger partial charge in [0.05, 0.1) is 30.4 Å². The fraction of sp³-hybridized carbons (Fsp3) is 0.472. The molecule has 0 fully saturated rings. The van der Waals surface area contributed by atoms with Crippen LogP contribution in [-0.2, 0) is 11.3 Å². The number of anilines is 2. The number of benzene rings is 2. The van der Waals surface area contributed by atoms with Gasteiger partial charge >= 0.3 is 6.03 Å². The minimum absolute atomic E-state index is 0.0529. The maximum Gasteiger partial charge on any atom is 0.323 e. The minimum Gasteiger partial charge on any atom is -0.490 e. The summed E-state index contributed by atoms with van der Waals surface area (Å²) in [5.41, 5.74) is 2.41. The van der Waals surface area contributed by atoms with Gasteiger partial charge in [-0.05, 0) is 88.2 Å². The molecule has 5 rings (SSSR count). The number of likely N-dealkylation sites (N-methyl/N-ethyl adjacent to an activating group) is 1. The van der Waals surface area contributed by atoms with Crippen LogP contribution in [0.15, 0.2) is 60.9 Å². The van der Waals surface area contributed by atoms with E-state index in [1.165, 1.54) is 0 Å². The van der Waals surface area contributed by atoms with Crippen LogP contribution >= 0.6 is 0 Å². The van der Waals surface area contributed by atoms with Crippen molar-refractivity contribution in [3.8, 4) is 17.2 Å². The van der Waals surface area contributed by atoms with E-state index in [0.717, 1.165) is 31.4 Å². The van der Waals surface area contributed by atoms with Crippen molar-refractivity contribution in [3.05, 3.63) is 72.1 Å². The van der Waals surface area contributed by atoms with E-state index < -0.39 is 12.1 Å². The Hall–Kier alpha value is -4.39. The zero-order chi connectivity index (χ0) is 34.0. The molecule has 0 saturated heterocycles. The fourth-order valence-electron chi connectivity index (χ4n) is 5.90. The molecule has 1 aromatic heterocycles.